The molecule has 150 valence electrons. The first kappa shape index (κ1) is 19.3. The van der Waals surface area contributed by atoms with Crippen molar-refractivity contribution in [3.63, 3.8) is 0 Å². The van der Waals surface area contributed by atoms with Gasteiger partial charge in [-0.25, -0.2) is 0 Å². The molecule has 1 aromatic carbocycles. The highest BCUT2D eigenvalue weighted by Gasteiger charge is 2.29. The van der Waals surface area contributed by atoms with E-state index in [1.165, 1.54) is 5.69 Å². The van der Waals surface area contributed by atoms with E-state index in [0.29, 0.717) is 18.3 Å². The largest absolute Gasteiger partial charge is 0.336 e. The molecule has 6 nitrogen and oxygen atoms in total. The summed E-state index contributed by atoms with van der Waals surface area (Å²) < 4.78 is 1.88. The van der Waals surface area contributed by atoms with Crippen LogP contribution in [0.5, 0.6) is 0 Å². The fraction of sp³-hybridized carbons (Fsp3) is 0.348. The van der Waals surface area contributed by atoms with Crippen LogP contribution in [0.25, 0.3) is 0 Å². The van der Waals surface area contributed by atoms with E-state index in [1.807, 2.05) is 73.5 Å². The number of hydrogen-bond donors (Lipinski definition) is 1. The van der Waals surface area contributed by atoms with Crippen LogP contribution in [0.2, 0.25) is 0 Å². The number of benzene rings is 1. The van der Waals surface area contributed by atoms with Gasteiger partial charge >= 0.3 is 0 Å². The van der Waals surface area contributed by atoms with Crippen LogP contribution in [0.3, 0.4) is 0 Å². The van der Waals surface area contributed by atoms with E-state index in [9.17, 15) is 4.79 Å². The normalized spacial score (nSPS) is 15.7. The lowest BCUT2D eigenvalue weighted by Gasteiger charge is -2.24. The molecule has 6 heteroatoms. The van der Waals surface area contributed by atoms with Crippen LogP contribution in [0.1, 0.15) is 39.4 Å². The second-order valence-corrected chi connectivity index (χ2v) is 7.69. The zero-order valence-electron chi connectivity index (χ0n) is 17.0. The van der Waals surface area contributed by atoms with Gasteiger partial charge in [0.2, 0.25) is 0 Å². The molecule has 1 aliphatic rings. The number of carbonyl (C=O) groups is 1. The molecule has 4 rings (SSSR count). The molecule has 1 atom stereocenters. The summed E-state index contributed by atoms with van der Waals surface area (Å²) in [6.07, 6.45) is 4.59. The standard InChI is InChI=1S/C23H27N5O/c1-27(16-17-8-4-3-5-9-17)23(29)22-20-14-18(11-12-21(20)28(2)26-22)25-15-19-10-6-7-13-24-19/h3-10,13,18,25H,11-12,14-16H2,1-2H3. The van der Waals surface area contributed by atoms with Crippen molar-refractivity contribution in [2.75, 3.05) is 7.05 Å². The summed E-state index contributed by atoms with van der Waals surface area (Å²) >= 11 is 0. The van der Waals surface area contributed by atoms with Crippen molar-refractivity contribution < 1.29 is 4.79 Å². The highest BCUT2D eigenvalue weighted by Crippen LogP contribution is 2.25. The van der Waals surface area contributed by atoms with E-state index in [4.69, 9.17) is 0 Å². The first-order chi connectivity index (χ1) is 14.1. The molecule has 1 amide bonds. The molecular weight excluding hydrogens is 362 g/mol. The van der Waals surface area contributed by atoms with Crippen LogP contribution < -0.4 is 5.32 Å². The lowest BCUT2D eigenvalue weighted by atomic mass is 9.91. The molecule has 1 N–H and O–H groups in total. The predicted molar refractivity (Wildman–Crippen MR) is 112 cm³/mol. The van der Waals surface area contributed by atoms with Crippen LogP contribution in [0.4, 0.5) is 0 Å². The average Bonchev–Trinajstić information content (AvgIpc) is 3.09. The SMILES string of the molecule is CN(Cc1ccccc1)C(=O)c1nn(C)c2c1CC(NCc1ccccn1)CC2. The Hall–Kier alpha value is -2.99. The number of aromatic nitrogens is 3. The summed E-state index contributed by atoms with van der Waals surface area (Å²) in [5.41, 5.74) is 5.00. The molecule has 1 unspecified atom stereocenters. The molecular formula is C23H27N5O. The summed E-state index contributed by atoms with van der Waals surface area (Å²) in [4.78, 5) is 19.3. The van der Waals surface area contributed by atoms with Gasteiger partial charge in [0, 0.05) is 50.7 Å². The Kier molecular flexibility index (Phi) is 5.71. The Morgan fingerprint density at radius 2 is 2.00 bits per heavy atom. The summed E-state index contributed by atoms with van der Waals surface area (Å²) in [6.45, 7) is 1.31. The van der Waals surface area contributed by atoms with Gasteiger partial charge in [-0.05, 0) is 37.0 Å². The molecule has 0 bridgehead atoms. The second-order valence-electron chi connectivity index (χ2n) is 7.69. The lowest BCUT2D eigenvalue weighted by molar-refractivity contribution is 0.0777. The average molecular weight is 390 g/mol. The van der Waals surface area contributed by atoms with Crippen LogP contribution in [-0.4, -0.2) is 38.7 Å². The molecule has 0 saturated carbocycles. The Morgan fingerprint density at radius 1 is 1.21 bits per heavy atom. The van der Waals surface area contributed by atoms with Crippen molar-refractivity contribution in [3.8, 4) is 0 Å². The Morgan fingerprint density at radius 3 is 2.76 bits per heavy atom. The molecule has 0 spiro atoms. The Bertz CT molecular complexity index is 968. The fourth-order valence-corrected chi connectivity index (χ4v) is 4.00. The maximum atomic E-state index is 13.1. The first-order valence-electron chi connectivity index (χ1n) is 10.1. The minimum Gasteiger partial charge on any atom is -0.336 e. The van der Waals surface area contributed by atoms with Crippen LogP contribution in [-0.2, 0) is 33.0 Å². The molecule has 0 fully saturated rings. The minimum absolute atomic E-state index is 0.0175. The van der Waals surface area contributed by atoms with E-state index in [0.717, 1.165) is 42.6 Å². The third-order valence-electron chi connectivity index (χ3n) is 5.56. The van der Waals surface area contributed by atoms with Crippen LogP contribution in [0.15, 0.2) is 54.7 Å². The van der Waals surface area contributed by atoms with Gasteiger partial charge in [0.1, 0.15) is 0 Å². The third-order valence-corrected chi connectivity index (χ3v) is 5.56. The van der Waals surface area contributed by atoms with Gasteiger partial charge < -0.3 is 10.2 Å². The van der Waals surface area contributed by atoms with Gasteiger partial charge in [-0.2, -0.15) is 5.10 Å². The highest BCUT2D eigenvalue weighted by molar-refractivity contribution is 5.94. The Balaban J connectivity index is 1.46. The predicted octanol–water partition coefficient (Wildman–Crippen LogP) is 2.73. The van der Waals surface area contributed by atoms with Crippen molar-refractivity contribution in [1.29, 1.82) is 0 Å². The summed E-state index contributed by atoms with van der Waals surface area (Å²) in [5, 5.41) is 8.19. The molecule has 2 heterocycles. The number of aryl methyl sites for hydroxylation is 1. The van der Waals surface area contributed by atoms with Gasteiger partial charge in [-0.1, -0.05) is 36.4 Å². The van der Waals surface area contributed by atoms with Crippen LogP contribution >= 0.6 is 0 Å². The minimum atomic E-state index is -0.0175. The fourth-order valence-electron chi connectivity index (χ4n) is 4.00. The molecule has 29 heavy (non-hydrogen) atoms. The van der Waals surface area contributed by atoms with E-state index in [1.54, 1.807) is 4.90 Å². The number of rotatable bonds is 6. The quantitative estimate of drug-likeness (QED) is 0.704. The summed E-state index contributed by atoms with van der Waals surface area (Å²) in [7, 11) is 3.78. The second kappa shape index (κ2) is 8.57. The number of nitrogens with zero attached hydrogens (tertiary/aromatic N) is 4. The van der Waals surface area contributed by atoms with Crippen molar-refractivity contribution in [2.45, 2.75) is 38.4 Å². The monoisotopic (exact) mass is 389 g/mol. The summed E-state index contributed by atoms with van der Waals surface area (Å²) in [5.74, 6) is -0.0175. The Labute approximate surface area is 171 Å². The maximum Gasteiger partial charge on any atom is 0.274 e. The number of hydrogen-bond acceptors (Lipinski definition) is 4. The van der Waals surface area contributed by atoms with Crippen molar-refractivity contribution in [2.24, 2.45) is 7.05 Å². The van der Waals surface area contributed by atoms with Gasteiger partial charge in [-0.15, -0.1) is 0 Å². The molecule has 2 aromatic heterocycles. The van der Waals surface area contributed by atoms with Gasteiger partial charge in [0.05, 0.1) is 5.69 Å². The molecule has 1 aliphatic carbocycles. The van der Waals surface area contributed by atoms with Crippen molar-refractivity contribution in [3.05, 3.63) is 82.9 Å². The summed E-state index contributed by atoms with van der Waals surface area (Å²) in [6, 6.07) is 16.3. The van der Waals surface area contributed by atoms with Crippen LogP contribution in [0, 0.1) is 0 Å². The van der Waals surface area contributed by atoms with Crippen molar-refractivity contribution in [1.82, 2.24) is 25.0 Å². The highest BCUT2D eigenvalue weighted by atomic mass is 16.2. The van der Waals surface area contributed by atoms with Gasteiger partial charge in [-0.3, -0.25) is 14.5 Å². The number of fused-ring (bicyclic) bond motifs is 1. The third kappa shape index (κ3) is 4.38. The van der Waals surface area contributed by atoms with E-state index < -0.39 is 0 Å². The van der Waals surface area contributed by atoms with Gasteiger partial charge in [0.15, 0.2) is 5.69 Å². The lowest BCUT2D eigenvalue weighted by Crippen LogP contribution is -2.35. The molecule has 0 aliphatic heterocycles. The molecule has 0 saturated heterocycles. The number of carbonyl (C=O) groups excluding carboxylic acids is 1. The zero-order valence-corrected chi connectivity index (χ0v) is 17.0. The van der Waals surface area contributed by atoms with Crippen molar-refractivity contribution >= 4 is 5.91 Å². The van der Waals surface area contributed by atoms with E-state index in [-0.39, 0.29) is 5.91 Å². The zero-order chi connectivity index (χ0) is 20.2. The number of amides is 1. The van der Waals surface area contributed by atoms with E-state index in [2.05, 4.69) is 15.4 Å². The topological polar surface area (TPSA) is 63.1 Å². The van der Waals surface area contributed by atoms with Gasteiger partial charge in [0.25, 0.3) is 5.91 Å². The first-order valence-corrected chi connectivity index (χ1v) is 10.1. The molecule has 0 radical (unpaired) electrons. The van der Waals surface area contributed by atoms with E-state index >= 15 is 0 Å². The smallest absolute Gasteiger partial charge is 0.274 e. The number of pyridine rings is 1. The number of nitrogens with one attached hydrogen (secondary N) is 1. The maximum absolute atomic E-state index is 13.1. The molecule has 3 aromatic rings.